The van der Waals surface area contributed by atoms with Gasteiger partial charge in [0.05, 0.1) is 34.1 Å². The monoisotopic (exact) mass is 781 g/mol. The van der Waals surface area contributed by atoms with Gasteiger partial charge in [-0.15, -0.1) is 0 Å². The second-order valence-corrected chi connectivity index (χ2v) is 20.3. The fourth-order valence-corrected chi connectivity index (χ4v) is 11.6. The number of carbonyl (C=O) groups is 2. The fraction of sp³-hybridized carbons (Fsp3) is 0.643. The van der Waals surface area contributed by atoms with Gasteiger partial charge in [0.15, 0.2) is 0 Å². The Balaban J connectivity index is 1.23. The van der Waals surface area contributed by atoms with E-state index in [1.807, 2.05) is 44.1 Å². The second-order valence-electron chi connectivity index (χ2n) is 17.5. The number of β-amino-alcohol motifs (C(OH)–C–C–N with tert-alkyl or cyclic N) is 1. The van der Waals surface area contributed by atoms with E-state index in [1.165, 1.54) is 11.1 Å². The summed E-state index contributed by atoms with van der Waals surface area (Å²) < 4.78 is 23.5. The molecule has 2 bridgehead atoms. The third kappa shape index (κ3) is 8.03. The highest BCUT2D eigenvalue weighted by Gasteiger charge is 2.50. The zero-order valence-electron chi connectivity index (χ0n) is 32.7. The molecule has 3 aliphatic heterocycles. The number of likely N-dealkylation sites (N-methyl/N-ethyl adjacent to an activating group) is 1. The molecule has 296 valence electrons. The lowest BCUT2D eigenvalue weighted by atomic mass is 9.62. The van der Waals surface area contributed by atoms with Gasteiger partial charge in [-0.05, 0) is 131 Å². The van der Waals surface area contributed by atoms with Gasteiger partial charge >= 0.3 is 0 Å². The maximum Gasteiger partial charge on any atom is 0.262 e. The molecule has 7 atom stereocenters. The molecule has 2 N–H and O–H groups in total. The molecule has 3 heterocycles. The average Bonchev–Trinajstić information content (AvgIpc) is 3.25. The first-order chi connectivity index (χ1) is 25.7. The van der Waals surface area contributed by atoms with Crippen molar-refractivity contribution in [2.45, 2.75) is 81.5 Å². The highest BCUT2D eigenvalue weighted by atomic mass is 35.5. The third-order valence-electron chi connectivity index (χ3n) is 13.5. The number of aryl methyl sites for hydroxylation is 1. The van der Waals surface area contributed by atoms with Gasteiger partial charge in [0.2, 0.25) is 5.91 Å². The molecule has 1 spiro atoms. The second kappa shape index (κ2) is 15.6. The predicted octanol–water partition coefficient (Wildman–Crippen LogP) is 4.85. The average molecular weight is 782 g/mol. The molecule has 2 aromatic rings. The van der Waals surface area contributed by atoms with Crippen LogP contribution in [0.3, 0.4) is 0 Å². The van der Waals surface area contributed by atoms with Gasteiger partial charge in [0.25, 0.3) is 5.91 Å². The van der Waals surface area contributed by atoms with Crippen LogP contribution in [0, 0.1) is 17.8 Å². The molecule has 1 unspecified atom stereocenters. The lowest BCUT2D eigenvalue weighted by molar-refractivity contribution is -0.142. The van der Waals surface area contributed by atoms with Crippen molar-refractivity contribution < 1.29 is 23.6 Å². The van der Waals surface area contributed by atoms with E-state index >= 15 is 0 Å². The summed E-state index contributed by atoms with van der Waals surface area (Å²) in [5.41, 5.74) is 2.53. The van der Waals surface area contributed by atoms with Crippen LogP contribution < -0.4 is 14.4 Å². The Morgan fingerprint density at radius 1 is 1.07 bits per heavy atom. The zero-order valence-corrected chi connectivity index (χ0v) is 34.2. The van der Waals surface area contributed by atoms with Crippen molar-refractivity contribution in [3.63, 3.8) is 0 Å². The Bertz CT molecular complexity index is 1840. The van der Waals surface area contributed by atoms with Crippen LogP contribution >= 0.6 is 11.6 Å². The number of rotatable bonds is 5. The highest BCUT2D eigenvalue weighted by molar-refractivity contribution is 7.99. The number of piperazine rings is 1. The molecule has 12 heteroatoms. The molecule has 2 fully saturated rings. The van der Waals surface area contributed by atoms with Crippen LogP contribution in [0.25, 0.3) is 0 Å². The molecule has 0 radical (unpaired) electrons. The highest BCUT2D eigenvalue weighted by Crippen LogP contribution is 2.49. The Hall–Kier alpha value is -2.83. The number of fused-ring (bicyclic) bond motifs is 4. The summed E-state index contributed by atoms with van der Waals surface area (Å²) in [5.74, 6) is 4.76. The van der Waals surface area contributed by atoms with E-state index in [0.717, 1.165) is 74.5 Å². The molecular formula is C42H60ClN5O5S. The topological polar surface area (TPSA) is 106 Å². The van der Waals surface area contributed by atoms with Crippen molar-refractivity contribution in [2.75, 3.05) is 78.0 Å². The van der Waals surface area contributed by atoms with E-state index in [9.17, 15) is 18.9 Å². The number of halogens is 1. The molecule has 54 heavy (non-hydrogen) atoms. The standard InChI is InChI=1S/C42H60ClN5O5S/c1-29-8-6-17-42(51,27-46-19-21-47(39(49)25-46)20-18-45(3)4)36-13-10-33(36)24-48-26-41(16-7-9-31-22-34(43)12-14-35(31)41)28-53-38-15-11-32(23-37(38)48)40(50)44-54(5,52)30(29)2/h11-12,14-15,22-23,29-30,33,36,51H,5-10,13,16-21,24-28H2,1-4H3,(H,44,50,52)/t29-,30+,33-,36+,41-,42+,54?/m0/s1. The van der Waals surface area contributed by atoms with Gasteiger partial charge in [0.1, 0.15) is 5.75 Å². The van der Waals surface area contributed by atoms with Gasteiger partial charge < -0.3 is 24.5 Å². The summed E-state index contributed by atoms with van der Waals surface area (Å²) in [6.07, 6.45) is 6.95. The van der Waals surface area contributed by atoms with Crippen LogP contribution in [0.5, 0.6) is 5.75 Å². The van der Waals surface area contributed by atoms with E-state index in [1.54, 1.807) is 6.07 Å². The van der Waals surface area contributed by atoms with E-state index < -0.39 is 21.2 Å². The van der Waals surface area contributed by atoms with Crippen molar-refractivity contribution in [3.05, 3.63) is 58.1 Å². The van der Waals surface area contributed by atoms with Crippen LogP contribution in [-0.2, 0) is 26.3 Å². The Morgan fingerprint density at radius 3 is 2.63 bits per heavy atom. The normalized spacial score (nSPS) is 33.7. The maximum absolute atomic E-state index is 14.0. The number of benzene rings is 2. The smallest absolute Gasteiger partial charge is 0.262 e. The van der Waals surface area contributed by atoms with Crippen molar-refractivity contribution in [1.82, 2.24) is 19.4 Å². The largest absolute Gasteiger partial charge is 0.490 e. The number of nitrogens with zero attached hydrogens (tertiary/aromatic N) is 4. The summed E-state index contributed by atoms with van der Waals surface area (Å²) in [6, 6.07) is 11.8. The van der Waals surface area contributed by atoms with E-state index in [4.69, 9.17) is 16.3 Å². The Labute approximate surface area is 327 Å². The molecule has 2 aliphatic carbocycles. The molecule has 2 amide bonds. The summed E-state index contributed by atoms with van der Waals surface area (Å²) in [7, 11) is 1.06. The van der Waals surface area contributed by atoms with Crippen LogP contribution in [0.2, 0.25) is 5.02 Å². The molecule has 1 saturated carbocycles. The number of aliphatic hydroxyl groups is 1. The molecule has 7 rings (SSSR count). The Kier molecular flexibility index (Phi) is 11.4. The number of hydrogen-bond acceptors (Lipinski definition) is 8. The minimum atomic E-state index is -2.99. The van der Waals surface area contributed by atoms with Crippen molar-refractivity contribution in [2.24, 2.45) is 17.8 Å². The molecule has 1 saturated heterocycles. The Morgan fingerprint density at radius 2 is 1.89 bits per heavy atom. The van der Waals surface area contributed by atoms with Crippen molar-refractivity contribution >= 4 is 44.7 Å². The summed E-state index contributed by atoms with van der Waals surface area (Å²) in [4.78, 5) is 35.7. The van der Waals surface area contributed by atoms with Gasteiger partial charge in [0, 0.05) is 67.1 Å². The first-order valence-corrected chi connectivity index (χ1v) is 22.2. The van der Waals surface area contributed by atoms with Gasteiger partial charge in [-0.1, -0.05) is 31.0 Å². The number of hydrogen-bond donors (Lipinski definition) is 2. The van der Waals surface area contributed by atoms with Crippen molar-refractivity contribution in [1.29, 1.82) is 0 Å². The number of anilines is 1. The van der Waals surface area contributed by atoms with Gasteiger partial charge in [-0.2, -0.15) is 0 Å². The number of nitrogens with one attached hydrogen (secondary N) is 1. The quantitative estimate of drug-likeness (QED) is 0.416. The molecule has 0 aromatic heterocycles. The van der Waals surface area contributed by atoms with Crippen LogP contribution in [0.4, 0.5) is 5.69 Å². The minimum Gasteiger partial charge on any atom is -0.490 e. The summed E-state index contributed by atoms with van der Waals surface area (Å²) in [5, 5.41) is 13.3. The summed E-state index contributed by atoms with van der Waals surface area (Å²) in [6.45, 7) is 9.58. The summed E-state index contributed by atoms with van der Waals surface area (Å²) >= 11 is 6.50. The number of carbonyl (C=O) groups excluding carboxylic acids is 2. The van der Waals surface area contributed by atoms with E-state index in [0.29, 0.717) is 57.9 Å². The molecule has 5 aliphatic rings. The minimum absolute atomic E-state index is 0.00633. The van der Waals surface area contributed by atoms with E-state index in [-0.39, 0.29) is 34.3 Å². The maximum atomic E-state index is 14.0. The van der Waals surface area contributed by atoms with Crippen LogP contribution in [0.15, 0.2) is 36.4 Å². The fourth-order valence-electron chi connectivity index (χ4n) is 9.90. The van der Waals surface area contributed by atoms with Crippen LogP contribution in [0.1, 0.15) is 80.3 Å². The predicted molar refractivity (Wildman–Crippen MR) is 218 cm³/mol. The zero-order chi connectivity index (χ0) is 38.4. The van der Waals surface area contributed by atoms with Crippen LogP contribution in [-0.4, -0.2) is 126 Å². The number of amides is 2. The first kappa shape index (κ1) is 39.4. The van der Waals surface area contributed by atoms with Crippen molar-refractivity contribution in [3.8, 4) is 5.75 Å². The van der Waals surface area contributed by atoms with Gasteiger partial charge in [-0.3, -0.25) is 19.2 Å². The SMILES string of the molecule is C=S1(=O)NC(=O)c2ccc3c(c2)N(C[C@@H]2CC[C@H]2[C@](O)(CN2CCN(CCN(C)C)C(=O)C2)CCC[C@H](C)[C@H]1C)C[C@@]1(CCCc2cc(Cl)ccc21)CO3. The lowest BCUT2D eigenvalue weighted by Crippen LogP contribution is -2.60. The van der Waals surface area contributed by atoms with E-state index in [2.05, 4.69) is 44.3 Å². The first-order valence-electron chi connectivity index (χ1n) is 20.0. The van der Waals surface area contributed by atoms with Gasteiger partial charge in [-0.25, -0.2) is 4.21 Å². The number of ether oxygens (including phenoxy) is 1. The molecule has 10 nitrogen and oxygen atoms in total. The third-order valence-corrected chi connectivity index (χ3v) is 15.9. The molecule has 2 aromatic carbocycles. The molecular weight excluding hydrogens is 722 g/mol. The lowest BCUT2D eigenvalue weighted by Gasteiger charge is -2.52.